The molecule has 0 saturated carbocycles. The van der Waals surface area contributed by atoms with E-state index in [1.807, 2.05) is 0 Å². The number of ether oxygens (including phenoxy) is 2. The van der Waals surface area contributed by atoms with Crippen molar-refractivity contribution in [2.75, 3.05) is 27.3 Å². The van der Waals surface area contributed by atoms with Crippen molar-refractivity contribution in [1.82, 2.24) is 5.32 Å². The minimum absolute atomic E-state index is 0.0429. The van der Waals surface area contributed by atoms with Crippen LogP contribution in [0.1, 0.15) is 29.9 Å². The van der Waals surface area contributed by atoms with Crippen molar-refractivity contribution in [3.63, 3.8) is 0 Å². The van der Waals surface area contributed by atoms with Crippen molar-refractivity contribution < 1.29 is 18.3 Å². The molecule has 100 valence electrons. The number of benzene rings is 1. The molecule has 2 rings (SSSR count). The summed E-state index contributed by atoms with van der Waals surface area (Å²) >= 11 is 0. The molecule has 1 atom stereocenters. The first-order chi connectivity index (χ1) is 8.67. The Morgan fingerprint density at radius 3 is 2.39 bits per heavy atom. The monoisotopic (exact) mass is 257 g/mol. The number of rotatable bonds is 4. The summed E-state index contributed by atoms with van der Waals surface area (Å²) in [4.78, 5) is 0. The third-order valence-electron chi connectivity index (χ3n) is 3.32. The number of nitrogens with one attached hydrogen (secondary N) is 1. The SMILES string of the molecule is COc1cc(C(F)F)c(C2CCNC2)cc1OC. The number of alkyl halides is 2. The lowest BCUT2D eigenvalue weighted by Crippen LogP contribution is -2.10. The van der Waals surface area contributed by atoms with Crippen LogP contribution in [0.2, 0.25) is 0 Å². The summed E-state index contributed by atoms with van der Waals surface area (Å²) in [6, 6.07) is 3.06. The van der Waals surface area contributed by atoms with E-state index < -0.39 is 6.43 Å². The molecule has 0 bridgehead atoms. The van der Waals surface area contributed by atoms with Crippen molar-refractivity contribution >= 4 is 0 Å². The Balaban J connectivity index is 2.47. The van der Waals surface area contributed by atoms with Gasteiger partial charge in [0.25, 0.3) is 6.43 Å². The lowest BCUT2D eigenvalue weighted by molar-refractivity contribution is 0.149. The van der Waals surface area contributed by atoms with Gasteiger partial charge in [-0.2, -0.15) is 0 Å². The maximum atomic E-state index is 13.1. The lowest BCUT2D eigenvalue weighted by atomic mass is 9.93. The van der Waals surface area contributed by atoms with Crippen LogP contribution in [0.4, 0.5) is 8.78 Å². The molecule has 1 aliphatic heterocycles. The molecule has 1 aromatic rings. The summed E-state index contributed by atoms with van der Waals surface area (Å²) < 4.78 is 36.5. The molecule has 1 fully saturated rings. The zero-order chi connectivity index (χ0) is 13.1. The Morgan fingerprint density at radius 1 is 1.22 bits per heavy atom. The molecule has 1 aromatic carbocycles. The van der Waals surface area contributed by atoms with E-state index in [0.717, 1.165) is 19.5 Å². The van der Waals surface area contributed by atoms with Crippen LogP contribution < -0.4 is 14.8 Å². The van der Waals surface area contributed by atoms with Gasteiger partial charge in [-0.05, 0) is 36.6 Å². The molecular formula is C13H17F2NO2. The van der Waals surface area contributed by atoms with Crippen LogP contribution >= 0.6 is 0 Å². The van der Waals surface area contributed by atoms with Crippen LogP contribution in [0.3, 0.4) is 0 Å². The lowest BCUT2D eigenvalue weighted by Gasteiger charge is -2.18. The summed E-state index contributed by atoms with van der Waals surface area (Å²) in [5.41, 5.74) is 0.703. The molecule has 0 aliphatic carbocycles. The molecule has 1 saturated heterocycles. The van der Waals surface area contributed by atoms with E-state index in [9.17, 15) is 8.78 Å². The van der Waals surface area contributed by atoms with Gasteiger partial charge in [0.05, 0.1) is 14.2 Å². The number of methoxy groups -OCH3 is 2. The maximum Gasteiger partial charge on any atom is 0.264 e. The van der Waals surface area contributed by atoms with Crippen LogP contribution in [0.5, 0.6) is 11.5 Å². The fourth-order valence-corrected chi connectivity index (χ4v) is 2.37. The molecule has 1 heterocycles. The van der Waals surface area contributed by atoms with Crippen LogP contribution in [0, 0.1) is 0 Å². The van der Waals surface area contributed by atoms with Gasteiger partial charge in [0.15, 0.2) is 11.5 Å². The van der Waals surface area contributed by atoms with Crippen LogP contribution in [0.25, 0.3) is 0 Å². The highest BCUT2D eigenvalue weighted by Gasteiger charge is 2.25. The predicted octanol–water partition coefficient (Wildman–Crippen LogP) is 2.72. The standard InChI is InChI=1S/C13H17F2NO2/c1-17-11-5-9(8-3-4-16-7-8)10(13(14)15)6-12(11)18-2/h5-6,8,13,16H,3-4,7H2,1-2H3. The first kappa shape index (κ1) is 13.1. The van der Waals surface area contributed by atoms with Gasteiger partial charge in [-0.15, -0.1) is 0 Å². The zero-order valence-corrected chi connectivity index (χ0v) is 10.5. The second-order valence-corrected chi connectivity index (χ2v) is 4.33. The Labute approximate surface area is 105 Å². The van der Waals surface area contributed by atoms with Gasteiger partial charge >= 0.3 is 0 Å². The molecule has 5 heteroatoms. The summed E-state index contributed by atoms with van der Waals surface area (Å²) in [6.45, 7) is 1.59. The smallest absolute Gasteiger partial charge is 0.264 e. The maximum absolute atomic E-state index is 13.1. The number of hydrogen-bond donors (Lipinski definition) is 1. The first-order valence-electron chi connectivity index (χ1n) is 5.92. The third kappa shape index (κ3) is 2.41. The van der Waals surface area contributed by atoms with E-state index in [1.165, 1.54) is 20.3 Å². The Morgan fingerprint density at radius 2 is 1.89 bits per heavy atom. The molecule has 3 nitrogen and oxygen atoms in total. The minimum atomic E-state index is -2.50. The largest absolute Gasteiger partial charge is 0.493 e. The predicted molar refractivity (Wildman–Crippen MR) is 64.7 cm³/mol. The van der Waals surface area contributed by atoms with Gasteiger partial charge in [-0.1, -0.05) is 0 Å². The van der Waals surface area contributed by atoms with Gasteiger partial charge in [0.2, 0.25) is 0 Å². The molecule has 18 heavy (non-hydrogen) atoms. The Bertz CT molecular complexity index is 418. The van der Waals surface area contributed by atoms with Gasteiger partial charge in [-0.25, -0.2) is 8.78 Å². The number of halogens is 2. The zero-order valence-electron chi connectivity index (χ0n) is 10.5. The fourth-order valence-electron chi connectivity index (χ4n) is 2.37. The van der Waals surface area contributed by atoms with Crippen molar-refractivity contribution in [2.24, 2.45) is 0 Å². The van der Waals surface area contributed by atoms with Crippen LogP contribution in [-0.2, 0) is 0 Å². The molecular weight excluding hydrogens is 240 g/mol. The second-order valence-electron chi connectivity index (χ2n) is 4.33. The Hall–Kier alpha value is -1.36. The quantitative estimate of drug-likeness (QED) is 0.899. The molecule has 0 amide bonds. The van der Waals surface area contributed by atoms with E-state index in [0.29, 0.717) is 17.1 Å². The first-order valence-corrected chi connectivity index (χ1v) is 5.92. The van der Waals surface area contributed by atoms with Gasteiger partial charge in [0.1, 0.15) is 0 Å². The van der Waals surface area contributed by atoms with Crippen molar-refractivity contribution in [2.45, 2.75) is 18.8 Å². The van der Waals surface area contributed by atoms with Gasteiger partial charge < -0.3 is 14.8 Å². The summed E-state index contributed by atoms with van der Waals surface area (Å²) in [7, 11) is 2.96. The molecule has 0 spiro atoms. The highest BCUT2D eigenvalue weighted by molar-refractivity contribution is 5.49. The minimum Gasteiger partial charge on any atom is -0.493 e. The highest BCUT2D eigenvalue weighted by atomic mass is 19.3. The third-order valence-corrected chi connectivity index (χ3v) is 3.32. The van der Waals surface area contributed by atoms with Crippen LogP contribution in [0.15, 0.2) is 12.1 Å². The summed E-state index contributed by atoms with van der Waals surface area (Å²) in [6.07, 6.45) is -1.63. The highest BCUT2D eigenvalue weighted by Crippen LogP contribution is 2.39. The van der Waals surface area contributed by atoms with E-state index in [-0.39, 0.29) is 11.5 Å². The van der Waals surface area contributed by atoms with Gasteiger partial charge in [0, 0.05) is 12.1 Å². The average Bonchev–Trinajstić information content (AvgIpc) is 2.90. The molecule has 0 aromatic heterocycles. The van der Waals surface area contributed by atoms with E-state index >= 15 is 0 Å². The van der Waals surface area contributed by atoms with Gasteiger partial charge in [-0.3, -0.25) is 0 Å². The normalized spacial score (nSPS) is 19.3. The van der Waals surface area contributed by atoms with E-state index in [1.54, 1.807) is 6.07 Å². The second kappa shape index (κ2) is 5.52. The molecule has 1 N–H and O–H groups in total. The molecule has 1 unspecified atom stereocenters. The fraction of sp³-hybridized carbons (Fsp3) is 0.538. The van der Waals surface area contributed by atoms with E-state index in [4.69, 9.17) is 9.47 Å². The van der Waals surface area contributed by atoms with Crippen molar-refractivity contribution in [3.05, 3.63) is 23.3 Å². The summed E-state index contributed by atoms with van der Waals surface area (Å²) in [5.74, 6) is 0.972. The van der Waals surface area contributed by atoms with Crippen molar-refractivity contribution in [3.8, 4) is 11.5 Å². The average molecular weight is 257 g/mol. The van der Waals surface area contributed by atoms with Crippen molar-refractivity contribution in [1.29, 1.82) is 0 Å². The van der Waals surface area contributed by atoms with E-state index in [2.05, 4.69) is 5.32 Å². The summed E-state index contributed by atoms with van der Waals surface area (Å²) in [5, 5.41) is 3.19. The Kier molecular flexibility index (Phi) is 4.01. The van der Waals surface area contributed by atoms with Crippen LogP contribution in [-0.4, -0.2) is 27.3 Å². The molecule has 1 aliphatic rings. The molecule has 0 radical (unpaired) electrons. The topological polar surface area (TPSA) is 30.5 Å². The number of hydrogen-bond acceptors (Lipinski definition) is 3.